The van der Waals surface area contributed by atoms with Crippen LogP contribution in [0.4, 0.5) is 5.69 Å². The highest BCUT2D eigenvalue weighted by Crippen LogP contribution is 2.19. The molecule has 0 fully saturated rings. The minimum absolute atomic E-state index is 0.0874. The molecule has 1 heterocycles. The van der Waals surface area contributed by atoms with Gasteiger partial charge in [0.1, 0.15) is 4.47 Å². The summed E-state index contributed by atoms with van der Waals surface area (Å²) in [5, 5.41) is 7.31. The molecule has 19 heavy (non-hydrogen) atoms. The average Bonchev–Trinajstić information content (AvgIpc) is 2.37. The molecule has 0 aliphatic rings. The van der Waals surface area contributed by atoms with Crippen LogP contribution < -0.4 is 15.8 Å². The summed E-state index contributed by atoms with van der Waals surface area (Å²) in [6.45, 7) is 3.05. The Morgan fingerprint density at radius 2 is 2.05 bits per heavy atom. The predicted octanol–water partition coefficient (Wildman–Crippen LogP) is 0.223. The van der Waals surface area contributed by atoms with E-state index in [2.05, 4.69) is 26.3 Å². The van der Waals surface area contributed by atoms with E-state index in [9.17, 15) is 4.79 Å². The summed E-state index contributed by atoms with van der Waals surface area (Å²) in [5.41, 5.74) is 0.733. The monoisotopic (exact) mass is 331 g/mol. The number of nitrogens with one attached hydrogen (secondary N) is 1. The van der Waals surface area contributed by atoms with Gasteiger partial charge >= 0.3 is 0 Å². The molecule has 0 aromatic carbocycles. The smallest absolute Gasteiger partial charge is 0.283 e. The van der Waals surface area contributed by atoms with Crippen molar-refractivity contribution in [1.29, 1.82) is 0 Å². The summed E-state index contributed by atoms with van der Waals surface area (Å²) in [7, 11) is 7.79. The molecule has 0 aliphatic carbocycles. The van der Waals surface area contributed by atoms with Crippen molar-refractivity contribution in [2.75, 3.05) is 52.7 Å². The van der Waals surface area contributed by atoms with Crippen LogP contribution in [-0.2, 0) is 6.54 Å². The molecule has 0 bridgehead atoms. The number of nitrogens with zero attached hydrogens (tertiary/aromatic N) is 4. The molecule has 0 amide bonds. The van der Waals surface area contributed by atoms with Crippen molar-refractivity contribution >= 4 is 21.6 Å². The van der Waals surface area contributed by atoms with Crippen molar-refractivity contribution in [1.82, 2.24) is 20.0 Å². The Kier molecular flexibility index (Phi) is 6.47. The van der Waals surface area contributed by atoms with E-state index in [4.69, 9.17) is 0 Å². The number of likely N-dealkylation sites (N-methyl/N-ethyl adjacent to an activating group) is 3. The van der Waals surface area contributed by atoms with Crippen LogP contribution >= 0.6 is 15.9 Å². The van der Waals surface area contributed by atoms with E-state index < -0.39 is 0 Å². The van der Waals surface area contributed by atoms with E-state index in [0.29, 0.717) is 11.0 Å². The van der Waals surface area contributed by atoms with Gasteiger partial charge < -0.3 is 15.1 Å². The molecule has 1 rings (SSSR count). The van der Waals surface area contributed by atoms with Crippen LogP contribution in [0.1, 0.15) is 0 Å². The molecule has 1 aromatic heterocycles. The van der Waals surface area contributed by atoms with Gasteiger partial charge in [0.25, 0.3) is 5.56 Å². The maximum Gasteiger partial charge on any atom is 0.283 e. The Morgan fingerprint density at radius 3 is 2.63 bits per heavy atom. The standard InChI is InChI=1S/C12H22BrN5O/c1-14-5-6-17(4)10-9-15-18(8-7-16(2)3)12(19)11(10)13/h9,14H,5-8H2,1-4H3. The molecule has 1 N–H and O–H groups in total. The first-order valence-corrected chi connectivity index (χ1v) is 7.02. The molecule has 0 saturated heterocycles. The summed E-state index contributed by atoms with van der Waals surface area (Å²) in [5.74, 6) is 0. The Labute approximate surface area is 122 Å². The lowest BCUT2D eigenvalue weighted by molar-refractivity contribution is 0.367. The summed E-state index contributed by atoms with van der Waals surface area (Å²) < 4.78 is 2.05. The van der Waals surface area contributed by atoms with Crippen molar-refractivity contribution < 1.29 is 0 Å². The van der Waals surface area contributed by atoms with E-state index in [1.165, 1.54) is 4.68 Å². The molecular weight excluding hydrogens is 310 g/mol. The maximum atomic E-state index is 12.2. The zero-order valence-electron chi connectivity index (χ0n) is 12.0. The maximum absolute atomic E-state index is 12.2. The number of rotatable bonds is 7. The van der Waals surface area contributed by atoms with Gasteiger partial charge in [-0.2, -0.15) is 5.10 Å². The van der Waals surface area contributed by atoms with Crippen LogP contribution in [0.15, 0.2) is 15.5 Å². The molecule has 0 radical (unpaired) electrons. The van der Waals surface area contributed by atoms with E-state index in [1.54, 1.807) is 6.20 Å². The van der Waals surface area contributed by atoms with Crippen molar-refractivity contribution in [3.63, 3.8) is 0 Å². The quantitative estimate of drug-likeness (QED) is 0.774. The average molecular weight is 332 g/mol. The molecule has 0 unspecified atom stereocenters. The third kappa shape index (κ3) is 4.59. The Morgan fingerprint density at radius 1 is 1.37 bits per heavy atom. The molecule has 0 aliphatic heterocycles. The first kappa shape index (κ1) is 16.1. The van der Waals surface area contributed by atoms with Crippen molar-refractivity contribution in [2.45, 2.75) is 6.54 Å². The van der Waals surface area contributed by atoms with Crippen LogP contribution in [0, 0.1) is 0 Å². The fraction of sp³-hybridized carbons (Fsp3) is 0.667. The molecule has 1 aromatic rings. The van der Waals surface area contributed by atoms with Gasteiger partial charge in [0.15, 0.2) is 0 Å². The third-order valence-electron chi connectivity index (χ3n) is 2.83. The van der Waals surface area contributed by atoms with Gasteiger partial charge in [0, 0.05) is 26.7 Å². The largest absolute Gasteiger partial charge is 0.371 e. The lowest BCUT2D eigenvalue weighted by Gasteiger charge is -2.20. The zero-order valence-corrected chi connectivity index (χ0v) is 13.6. The van der Waals surface area contributed by atoms with Crippen LogP contribution in [0.25, 0.3) is 0 Å². The molecule has 6 nitrogen and oxygen atoms in total. The topological polar surface area (TPSA) is 53.4 Å². The van der Waals surface area contributed by atoms with Crippen molar-refractivity contribution in [3.05, 3.63) is 21.0 Å². The second-order valence-corrected chi connectivity index (χ2v) is 5.49. The first-order valence-electron chi connectivity index (χ1n) is 6.23. The minimum Gasteiger partial charge on any atom is -0.371 e. The van der Waals surface area contributed by atoms with E-state index in [0.717, 1.165) is 25.3 Å². The number of aromatic nitrogens is 2. The number of anilines is 1. The number of hydrogen-bond acceptors (Lipinski definition) is 5. The van der Waals surface area contributed by atoms with Gasteiger partial charge in [0.05, 0.1) is 18.4 Å². The van der Waals surface area contributed by atoms with Crippen LogP contribution in [0.5, 0.6) is 0 Å². The van der Waals surface area contributed by atoms with E-state index in [-0.39, 0.29) is 5.56 Å². The van der Waals surface area contributed by atoms with Gasteiger partial charge in [-0.05, 0) is 37.1 Å². The molecule has 0 saturated carbocycles. The summed E-state index contributed by atoms with van der Waals surface area (Å²) >= 11 is 3.38. The Balaban J connectivity index is 2.88. The van der Waals surface area contributed by atoms with Gasteiger partial charge in [-0.3, -0.25) is 4.79 Å². The molecule has 0 atom stereocenters. The lowest BCUT2D eigenvalue weighted by atomic mass is 10.4. The summed E-state index contributed by atoms with van der Waals surface area (Å²) in [6, 6.07) is 0. The summed E-state index contributed by atoms with van der Waals surface area (Å²) in [6.07, 6.45) is 1.73. The van der Waals surface area contributed by atoms with E-state index >= 15 is 0 Å². The Hall–Kier alpha value is -0.920. The molecular formula is C12H22BrN5O. The number of hydrogen-bond donors (Lipinski definition) is 1. The normalized spacial score (nSPS) is 11.1. The second kappa shape index (κ2) is 7.62. The predicted molar refractivity (Wildman–Crippen MR) is 81.9 cm³/mol. The zero-order chi connectivity index (χ0) is 14.4. The first-order chi connectivity index (χ1) is 8.97. The van der Waals surface area contributed by atoms with Gasteiger partial charge in [-0.25, -0.2) is 4.68 Å². The molecule has 0 spiro atoms. The van der Waals surface area contributed by atoms with Gasteiger partial charge in [-0.15, -0.1) is 0 Å². The molecule has 108 valence electrons. The molecule has 7 heteroatoms. The van der Waals surface area contributed by atoms with Crippen molar-refractivity contribution in [3.8, 4) is 0 Å². The number of halogens is 1. The van der Waals surface area contributed by atoms with Crippen LogP contribution in [-0.4, -0.2) is 62.5 Å². The third-order valence-corrected chi connectivity index (χ3v) is 3.58. The highest BCUT2D eigenvalue weighted by molar-refractivity contribution is 9.10. The van der Waals surface area contributed by atoms with Crippen molar-refractivity contribution in [2.24, 2.45) is 0 Å². The van der Waals surface area contributed by atoms with Gasteiger partial charge in [-0.1, -0.05) is 0 Å². The lowest BCUT2D eigenvalue weighted by Crippen LogP contribution is -2.32. The minimum atomic E-state index is -0.0874. The fourth-order valence-electron chi connectivity index (χ4n) is 1.58. The van der Waals surface area contributed by atoms with Crippen LogP contribution in [0.2, 0.25) is 0 Å². The highest BCUT2D eigenvalue weighted by Gasteiger charge is 2.12. The second-order valence-electron chi connectivity index (χ2n) is 4.70. The van der Waals surface area contributed by atoms with Gasteiger partial charge in [0.2, 0.25) is 0 Å². The summed E-state index contributed by atoms with van der Waals surface area (Å²) in [4.78, 5) is 16.2. The highest BCUT2D eigenvalue weighted by atomic mass is 79.9. The van der Waals surface area contributed by atoms with Crippen LogP contribution in [0.3, 0.4) is 0 Å². The Bertz CT molecular complexity index is 460. The fourth-order valence-corrected chi connectivity index (χ4v) is 2.19. The SMILES string of the molecule is CNCCN(C)c1cnn(CCN(C)C)c(=O)c1Br. The van der Waals surface area contributed by atoms with E-state index in [1.807, 2.05) is 38.0 Å².